The molecule has 0 bridgehead atoms. The number of hydrogen-bond acceptors (Lipinski definition) is 4. The molecule has 2 aromatic heterocycles. The van der Waals surface area contributed by atoms with Crippen LogP contribution in [0.3, 0.4) is 0 Å². The number of rotatable bonds is 6. The predicted octanol–water partition coefficient (Wildman–Crippen LogP) is 3.31. The molecule has 0 atom stereocenters. The minimum atomic E-state index is -0.879. The highest BCUT2D eigenvalue weighted by Gasteiger charge is 2.09. The van der Waals surface area contributed by atoms with Gasteiger partial charge in [0.15, 0.2) is 0 Å². The lowest BCUT2D eigenvalue weighted by Crippen LogP contribution is -2.34. The number of nitrogens with zero attached hydrogens (tertiary/aromatic N) is 4. The topological polar surface area (TPSA) is 107 Å². The van der Waals surface area contributed by atoms with Gasteiger partial charge in [0.25, 0.3) is 0 Å². The SMILES string of the molecule is C[N+](C)([O-])CCc1c[nH]c2ccc(Cn3cncn3)cc12.O=C(O)c1ccccc1. The summed E-state index contributed by atoms with van der Waals surface area (Å²) in [6, 6.07) is 14.6. The molecule has 0 radical (unpaired) electrons. The Kier molecular flexibility index (Phi) is 6.61. The highest BCUT2D eigenvalue weighted by atomic mass is 16.5. The molecule has 0 spiro atoms. The van der Waals surface area contributed by atoms with Crippen LogP contribution >= 0.6 is 0 Å². The molecule has 0 saturated heterocycles. The molecule has 0 aliphatic rings. The van der Waals surface area contributed by atoms with Gasteiger partial charge in [-0.15, -0.1) is 0 Å². The van der Waals surface area contributed by atoms with Gasteiger partial charge in [-0.1, -0.05) is 24.3 Å². The summed E-state index contributed by atoms with van der Waals surface area (Å²) in [5.41, 5.74) is 3.79. The van der Waals surface area contributed by atoms with Crippen LogP contribution in [-0.4, -0.2) is 56.1 Å². The Morgan fingerprint density at radius 1 is 1.20 bits per heavy atom. The van der Waals surface area contributed by atoms with Gasteiger partial charge >= 0.3 is 5.97 Å². The molecule has 8 nitrogen and oxygen atoms in total. The van der Waals surface area contributed by atoms with Crippen LogP contribution in [0.2, 0.25) is 0 Å². The van der Waals surface area contributed by atoms with E-state index in [-0.39, 0.29) is 4.65 Å². The lowest BCUT2D eigenvalue weighted by Gasteiger charge is -2.33. The summed E-state index contributed by atoms with van der Waals surface area (Å²) >= 11 is 0. The van der Waals surface area contributed by atoms with Gasteiger partial charge in [0, 0.05) is 23.5 Å². The van der Waals surface area contributed by atoms with Crippen LogP contribution in [0.5, 0.6) is 0 Å². The van der Waals surface area contributed by atoms with Gasteiger partial charge in [0.2, 0.25) is 0 Å². The van der Waals surface area contributed by atoms with Crippen molar-refractivity contribution in [3.05, 3.63) is 89.3 Å². The van der Waals surface area contributed by atoms with Crippen molar-refractivity contribution >= 4 is 16.9 Å². The van der Waals surface area contributed by atoms with Crippen LogP contribution in [0.15, 0.2) is 67.4 Å². The number of benzene rings is 2. The molecule has 2 heterocycles. The van der Waals surface area contributed by atoms with Gasteiger partial charge in [-0.3, -0.25) is 0 Å². The first-order valence-corrected chi connectivity index (χ1v) is 9.55. The molecular formula is C22H25N5O3. The predicted molar refractivity (Wildman–Crippen MR) is 115 cm³/mol. The van der Waals surface area contributed by atoms with Gasteiger partial charge in [-0.05, 0) is 35.4 Å². The molecule has 4 aromatic rings. The number of H-pyrrole nitrogens is 1. The van der Waals surface area contributed by atoms with Crippen molar-refractivity contribution in [2.24, 2.45) is 0 Å². The molecule has 0 aliphatic heterocycles. The molecule has 2 aromatic carbocycles. The molecule has 0 fully saturated rings. The molecule has 156 valence electrons. The summed E-state index contributed by atoms with van der Waals surface area (Å²) in [5, 5.41) is 25.4. The average Bonchev–Trinajstić information content (AvgIpc) is 3.36. The zero-order valence-corrected chi connectivity index (χ0v) is 17.0. The van der Waals surface area contributed by atoms with Crippen molar-refractivity contribution in [1.82, 2.24) is 19.7 Å². The number of likely N-dealkylation sites (N-methyl/N-ethyl adjacent to an activating group) is 1. The zero-order chi connectivity index (χ0) is 21.6. The lowest BCUT2D eigenvalue weighted by atomic mass is 10.1. The van der Waals surface area contributed by atoms with Gasteiger partial charge in [-0.2, -0.15) is 5.10 Å². The van der Waals surface area contributed by atoms with Crippen LogP contribution in [0, 0.1) is 5.21 Å². The molecule has 30 heavy (non-hydrogen) atoms. The van der Waals surface area contributed by atoms with E-state index in [0.717, 1.165) is 11.9 Å². The van der Waals surface area contributed by atoms with E-state index in [9.17, 15) is 10.0 Å². The minimum Gasteiger partial charge on any atom is -0.633 e. The molecule has 0 amide bonds. The van der Waals surface area contributed by atoms with E-state index in [1.54, 1.807) is 55.4 Å². The van der Waals surface area contributed by atoms with E-state index >= 15 is 0 Å². The lowest BCUT2D eigenvalue weighted by molar-refractivity contribution is -0.839. The second-order valence-corrected chi connectivity index (χ2v) is 7.51. The molecular weight excluding hydrogens is 382 g/mol. The van der Waals surface area contributed by atoms with E-state index in [4.69, 9.17) is 5.11 Å². The van der Waals surface area contributed by atoms with Crippen LogP contribution < -0.4 is 0 Å². The van der Waals surface area contributed by atoms with Gasteiger partial charge < -0.3 is 19.9 Å². The van der Waals surface area contributed by atoms with Gasteiger partial charge in [0.1, 0.15) is 12.7 Å². The monoisotopic (exact) mass is 407 g/mol. The van der Waals surface area contributed by atoms with E-state index in [1.807, 2.05) is 6.20 Å². The minimum absolute atomic E-state index is 0.272. The van der Waals surface area contributed by atoms with E-state index in [2.05, 4.69) is 33.3 Å². The third-order valence-corrected chi connectivity index (χ3v) is 4.58. The quantitative estimate of drug-likeness (QED) is 0.377. The van der Waals surface area contributed by atoms with E-state index in [1.165, 1.54) is 22.8 Å². The van der Waals surface area contributed by atoms with Crippen molar-refractivity contribution in [3.8, 4) is 0 Å². The number of aromatic amines is 1. The van der Waals surface area contributed by atoms with Crippen LogP contribution in [0.4, 0.5) is 0 Å². The van der Waals surface area contributed by atoms with Gasteiger partial charge in [-0.25, -0.2) is 14.5 Å². The number of carboxylic acids is 1. The smallest absolute Gasteiger partial charge is 0.335 e. The summed E-state index contributed by atoms with van der Waals surface area (Å²) in [7, 11) is 3.34. The number of nitrogens with one attached hydrogen (secondary N) is 1. The Hall–Kier alpha value is -3.49. The Labute approximate surface area is 174 Å². The average molecular weight is 407 g/mol. The summed E-state index contributed by atoms with van der Waals surface area (Å²) in [6.45, 7) is 1.27. The largest absolute Gasteiger partial charge is 0.633 e. The number of aromatic nitrogens is 4. The maximum absolute atomic E-state index is 11.7. The first kappa shape index (κ1) is 21.2. The Morgan fingerprint density at radius 3 is 2.57 bits per heavy atom. The molecule has 0 aliphatic carbocycles. The summed E-state index contributed by atoms with van der Waals surface area (Å²) in [5.74, 6) is -0.879. The standard InChI is InChI=1S/C15H19N5O.C7H6O2/c1-20(2,21)6-5-13-8-17-15-4-3-12(7-14(13)15)9-19-11-16-10-18-19;8-7(9)6-4-2-1-3-5-6/h3-4,7-8,10-11,17H,5-6,9H2,1-2H3;1-5H,(H,8,9). The van der Waals surface area contributed by atoms with E-state index < -0.39 is 5.97 Å². The van der Waals surface area contributed by atoms with E-state index in [0.29, 0.717) is 18.7 Å². The highest BCUT2D eigenvalue weighted by Crippen LogP contribution is 2.21. The van der Waals surface area contributed by atoms with Crippen molar-refractivity contribution < 1.29 is 14.5 Å². The number of carbonyl (C=O) groups is 1. The fourth-order valence-corrected chi connectivity index (χ4v) is 3.00. The summed E-state index contributed by atoms with van der Waals surface area (Å²) < 4.78 is 1.52. The van der Waals surface area contributed by atoms with Crippen LogP contribution in [-0.2, 0) is 13.0 Å². The molecule has 0 saturated carbocycles. The van der Waals surface area contributed by atoms with Crippen molar-refractivity contribution in [3.63, 3.8) is 0 Å². The first-order chi connectivity index (χ1) is 14.3. The number of hydrogen-bond donors (Lipinski definition) is 2. The number of quaternary nitrogens is 1. The number of hydroxylamine groups is 3. The number of fused-ring (bicyclic) bond motifs is 1. The fourth-order valence-electron chi connectivity index (χ4n) is 3.00. The second kappa shape index (κ2) is 9.34. The van der Waals surface area contributed by atoms with Crippen LogP contribution in [0.25, 0.3) is 10.9 Å². The molecule has 2 N–H and O–H groups in total. The highest BCUT2D eigenvalue weighted by molar-refractivity contribution is 5.87. The first-order valence-electron chi connectivity index (χ1n) is 9.55. The molecule has 0 unspecified atom stereocenters. The number of aromatic carboxylic acids is 1. The molecule has 4 rings (SSSR count). The summed E-state index contributed by atoms with van der Waals surface area (Å²) in [6.07, 6.45) is 6.01. The van der Waals surface area contributed by atoms with Crippen LogP contribution in [0.1, 0.15) is 21.5 Å². The van der Waals surface area contributed by atoms with Crippen molar-refractivity contribution in [1.29, 1.82) is 0 Å². The molecule has 8 heteroatoms. The fraction of sp³-hybridized carbons (Fsp3) is 0.227. The summed E-state index contributed by atoms with van der Waals surface area (Å²) in [4.78, 5) is 17.4. The third-order valence-electron chi connectivity index (χ3n) is 4.58. The Bertz CT molecular complexity index is 1080. The normalized spacial score (nSPS) is 11.2. The Balaban J connectivity index is 0.000000239. The third kappa shape index (κ3) is 6.00. The zero-order valence-electron chi connectivity index (χ0n) is 17.0. The second-order valence-electron chi connectivity index (χ2n) is 7.51. The van der Waals surface area contributed by atoms with Crippen molar-refractivity contribution in [2.75, 3.05) is 20.6 Å². The maximum Gasteiger partial charge on any atom is 0.335 e. The van der Waals surface area contributed by atoms with Gasteiger partial charge in [0.05, 0.1) is 32.7 Å². The van der Waals surface area contributed by atoms with Crippen molar-refractivity contribution in [2.45, 2.75) is 13.0 Å². The number of carboxylic acid groups (broad SMARTS) is 1. The Morgan fingerprint density at radius 2 is 1.97 bits per heavy atom. The maximum atomic E-state index is 11.7.